The first-order valence-corrected chi connectivity index (χ1v) is 6.85. The largest absolute Gasteiger partial charge is 0.497 e. The van der Waals surface area contributed by atoms with E-state index in [4.69, 9.17) is 4.74 Å². The van der Waals surface area contributed by atoms with Crippen LogP contribution in [-0.2, 0) is 0 Å². The molecule has 0 saturated carbocycles. The van der Waals surface area contributed by atoms with Gasteiger partial charge in [0.1, 0.15) is 17.1 Å². The molecule has 3 rings (SSSR count). The Morgan fingerprint density at radius 2 is 2.00 bits per heavy atom. The zero-order chi connectivity index (χ0) is 16.4. The van der Waals surface area contributed by atoms with Gasteiger partial charge in [-0.2, -0.15) is 0 Å². The van der Waals surface area contributed by atoms with Crippen molar-refractivity contribution >= 4 is 22.5 Å². The van der Waals surface area contributed by atoms with Crippen LogP contribution in [0.25, 0.3) is 10.9 Å². The van der Waals surface area contributed by atoms with E-state index in [1.165, 1.54) is 31.5 Å². The first-order chi connectivity index (χ1) is 11.1. The monoisotopic (exact) mass is 312 g/mol. The van der Waals surface area contributed by atoms with E-state index in [0.717, 1.165) is 0 Å². The molecule has 3 aromatic rings. The molecule has 0 saturated heterocycles. The summed E-state index contributed by atoms with van der Waals surface area (Å²) in [7, 11) is 1.49. The molecule has 5 nitrogen and oxygen atoms in total. The molecule has 23 heavy (non-hydrogen) atoms. The molecule has 1 amide bonds. The second-order valence-electron chi connectivity index (χ2n) is 4.88. The van der Waals surface area contributed by atoms with Crippen LogP contribution in [0.3, 0.4) is 0 Å². The normalized spacial score (nSPS) is 10.5. The van der Waals surface area contributed by atoms with Gasteiger partial charge in [0.15, 0.2) is 0 Å². The van der Waals surface area contributed by atoms with Crippen LogP contribution >= 0.6 is 0 Å². The number of benzene rings is 2. The van der Waals surface area contributed by atoms with Gasteiger partial charge in [0.05, 0.1) is 12.8 Å². The zero-order valence-corrected chi connectivity index (χ0v) is 12.2. The molecule has 0 atom stereocenters. The van der Waals surface area contributed by atoms with Crippen molar-refractivity contribution in [3.63, 3.8) is 0 Å². The van der Waals surface area contributed by atoms with Gasteiger partial charge >= 0.3 is 0 Å². The van der Waals surface area contributed by atoms with Gasteiger partial charge < -0.3 is 15.0 Å². The van der Waals surface area contributed by atoms with Crippen molar-refractivity contribution in [2.45, 2.75) is 0 Å². The highest BCUT2D eigenvalue weighted by molar-refractivity contribution is 6.05. The predicted molar refractivity (Wildman–Crippen MR) is 85.5 cm³/mol. The van der Waals surface area contributed by atoms with E-state index in [1.807, 2.05) is 0 Å². The number of carbonyl (C=O) groups excluding carboxylic acids is 1. The molecule has 6 heteroatoms. The van der Waals surface area contributed by atoms with Crippen LogP contribution in [0.4, 0.5) is 10.1 Å². The number of carbonyl (C=O) groups is 1. The Balaban J connectivity index is 2.02. The molecule has 0 aliphatic heterocycles. The van der Waals surface area contributed by atoms with Crippen molar-refractivity contribution in [2.75, 3.05) is 12.4 Å². The molecule has 116 valence electrons. The average molecular weight is 312 g/mol. The lowest BCUT2D eigenvalue weighted by molar-refractivity contribution is 0.102. The number of pyridine rings is 1. The fourth-order valence-corrected chi connectivity index (χ4v) is 2.25. The summed E-state index contributed by atoms with van der Waals surface area (Å²) in [5.74, 6) is -0.740. The molecule has 1 heterocycles. The number of H-pyrrole nitrogens is 1. The minimum atomic E-state index is -0.680. The van der Waals surface area contributed by atoms with Gasteiger partial charge in [-0.05, 0) is 30.3 Å². The lowest BCUT2D eigenvalue weighted by Gasteiger charge is -2.07. The van der Waals surface area contributed by atoms with Crippen molar-refractivity contribution in [1.29, 1.82) is 0 Å². The minimum absolute atomic E-state index is 0.0163. The maximum absolute atomic E-state index is 13.6. The maximum atomic E-state index is 13.6. The number of rotatable bonds is 3. The maximum Gasteiger partial charge on any atom is 0.261 e. The molecule has 2 N–H and O–H groups in total. The van der Waals surface area contributed by atoms with Crippen molar-refractivity contribution < 1.29 is 13.9 Å². The number of halogens is 1. The third-order valence-electron chi connectivity index (χ3n) is 3.45. The summed E-state index contributed by atoms with van der Waals surface area (Å²) in [6.45, 7) is 0. The summed E-state index contributed by atoms with van der Waals surface area (Å²) in [5, 5.41) is 2.72. The van der Waals surface area contributed by atoms with E-state index < -0.39 is 17.2 Å². The number of fused-ring (bicyclic) bond motifs is 1. The average Bonchev–Trinajstić information content (AvgIpc) is 2.57. The topological polar surface area (TPSA) is 71.2 Å². The van der Waals surface area contributed by atoms with Gasteiger partial charge in [-0.15, -0.1) is 0 Å². The van der Waals surface area contributed by atoms with E-state index in [2.05, 4.69) is 10.3 Å². The zero-order valence-electron chi connectivity index (χ0n) is 12.2. The minimum Gasteiger partial charge on any atom is -0.497 e. The third kappa shape index (κ3) is 2.78. The fourth-order valence-electron chi connectivity index (χ4n) is 2.25. The van der Waals surface area contributed by atoms with Crippen LogP contribution in [0.5, 0.6) is 5.75 Å². The van der Waals surface area contributed by atoms with Gasteiger partial charge in [0.25, 0.3) is 5.91 Å². The molecular weight excluding hydrogens is 299 g/mol. The van der Waals surface area contributed by atoms with Crippen molar-refractivity contribution in [2.24, 2.45) is 0 Å². The molecule has 0 fully saturated rings. The molecule has 0 bridgehead atoms. The first kappa shape index (κ1) is 14.8. The number of ether oxygens (including phenoxy) is 1. The Hall–Kier alpha value is -3.15. The number of methoxy groups -OCH3 is 1. The highest BCUT2D eigenvalue weighted by Gasteiger charge is 2.15. The Morgan fingerprint density at radius 1 is 1.22 bits per heavy atom. The number of nitrogens with one attached hydrogen (secondary N) is 2. The summed E-state index contributed by atoms with van der Waals surface area (Å²) in [5.41, 5.74) is 0.0429. The quantitative estimate of drug-likeness (QED) is 0.781. The molecular formula is C17H13FN2O3. The fraction of sp³-hybridized carbons (Fsp3) is 0.0588. The third-order valence-corrected chi connectivity index (χ3v) is 3.45. The predicted octanol–water partition coefficient (Wildman–Crippen LogP) is 2.93. The number of para-hydroxylation sites is 1. The highest BCUT2D eigenvalue weighted by atomic mass is 19.1. The van der Waals surface area contributed by atoms with E-state index >= 15 is 0 Å². The molecule has 0 aliphatic rings. The van der Waals surface area contributed by atoms with Gasteiger partial charge in [0.2, 0.25) is 5.43 Å². The van der Waals surface area contributed by atoms with Crippen LogP contribution in [0.2, 0.25) is 0 Å². The van der Waals surface area contributed by atoms with E-state index in [9.17, 15) is 14.0 Å². The lowest BCUT2D eigenvalue weighted by Crippen LogP contribution is -2.22. The number of aromatic nitrogens is 1. The van der Waals surface area contributed by atoms with Crippen molar-refractivity contribution in [3.05, 3.63) is 70.3 Å². The van der Waals surface area contributed by atoms with E-state index in [0.29, 0.717) is 16.7 Å². The number of aromatic amines is 1. The van der Waals surface area contributed by atoms with Crippen molar-refractivity contribution in [1.82, 2.24) is 4.98 Å². The Labute approximate surface area is 130 Å². The molecule has 0 radical (unpaired) electrons. The smallest absolute Gasteiger partial charge is 0.261 e. The van der Waals surface area contributed by atoms with Crippen LogP contribution in [0.1, 0.15) is 10.4 Å². The van der Waals surface area contributed by atoms with Crippen LogP contribution in [0.15, 0.2) is 53.5 Å². The highest BCUT2D eigenvalue weighted by Crippen LogP contribution is 2.17. The Kier molecular flexibility index (Phi) is 3.80. The lowest BCUT2D eigenvalue weighted by atomic mass is 10.1. The summed E-state index contributed by atoms with van der Waals surface area (Å²) >= 11 is 0. The van der Waals surface area contributed by atoms with Crippen LogP contribution < -0.4 is 15.5 Å². The number of hydrogen-bond acceptors (Lipinski definition) is 3. The van der Waals surface area contributed by atoms with Crippen molar-refractivity contribution in [3.8, 4) is 5.75 Å². The van der Waals surface area contributed by atoms with Gasteiger partial charge in [-0.1, -0.05) is 12.1 Å². The molecule has 2 aromatic carbocycles. The summed E-state index contributed by atoms with van der Waals surface area (Å²) in [6, 6.07) is 10.7. The molecule has 0 unspecified atom stereocenters. The standard InChI is InChI=1S/C17H13FN2O3/c1-23-10-6-7-14-11(8-10)16(21)12(9-19-14)17(22)20-15-5-3-2-4-13(15)18/h2-9H,1H3,(H,19,21)(H,20,22). The Morgan fingerprint density at radius 3 is 2.74 bits per heavy atom. The molecule has 1 aromatic heterocycles. The van der Waals surface area contributed by atoms with Gasteiger partial charge in [0, 0.05) is 17.1 Å². The molecule has 0 spiro atoms. The number of hydrogen-bond donors (Lipinski definition) is 2. The number of anilines is 1. The number of amides is 1. The first-order valence-electron chi connectivity index (χ1n) is 6.85. The summed E-state index contributed by atoms with van der Waals surface area (Å²) < 4.78 is 18.7. The van der Waals surface area contributed by atoms with Gasteiger partial charge in [-0.25, -0.2) is 4.39 Å². The van der Waals surface area contributed by atoms with Crippen LogP contribution in [-0.4, -0.2) is 18.0 Å². The molecule has 0 aliphatic carbocycles. The Bertz CT molecular complexity index is 950. The van der Waals surface area contributed by atoms with Gasteiger partial charge in [-0.3, -0.25) is 9.59 Å². The SMILES string of the molecule is COc1ccc2[nH]cc(C(=O)Nc3ccccc3F)c(=O)c2c1. The summed E-state index contributed by atoms with van der Waals surface area (Å²) in [6.07, 6.45) is 1.31. The van der Waals surface area contributed by atoms with Crippen LogP contribution in [0, 0.1) is 5.82 Å². The summed E-state index contributed by atoms with van der Waals surface area (Å²) in [4.78, 5) is 27.6. The second kappa shape index (κ2) is 5.92. The van der Waals surface area contributed by atoms with E-state index in [1.54, 1.807) is 24.3 Å². The second-order valence-corrected chi connectivity index (χ2v) is 4.88. The van der Waals surface area contributed by atoms with E-state index in [-0.39, 0.29) is 11.3 Å².